The van der Waals surface area contributed by atoms with Gasteiger partial charge in [-0.2, -0.15) is 0 Å². The zero-order valence-corrected chi connectivity index (χ0v) is 10.9. The first kappa shape index (κ1) is 11.4. The van der Waals surface area contributed by atoms with Gasteiger partial charge in [0.1, 0.15) is 0 Å². The molecule has 0 radical (unpaired) electrons. The molecule has 15 heavy (non-hydrogen) atoms. The van der Waals surface area contributed by atoms with E-state index < -0.39 is 0 Å². The first-order valence-electron chi connectivity index (χ1n) is 5.34. The Morgan fingerprint density at radius 3 is 2.60 bits per heavy atom. The summed E-state index contributed by atoms with van der Waals surface area (Å²) in [5.41, 5.74) is 6.95. The SMILES string of the molecule is NCC1CCC1Cc1ccc(Br)cc1Cl. The summed E-state index contributed by atoms with van der Waals surface area (Å²) in [4.78, 5) is 0. The standard InChI is InChI=1S/C12H15BrClN/c13-11-4-3-9(12(14)6-11)5-8-1-2-10(8)7-15/h3-4,6,8,10H,1-2,5,7,15H2. The van der Waals surface area contributed by atoms with Gasteiger partial charge >= 0.3 is 0 Å². The molecule has 0 spiro atoms. The Morgan fingerprint density at radius 2 is 2.07 bits per heavy atom. The van der Waals surface area contributed by atoms with E-state index in [0.717, 1.165) is 28.4 Å². The molecule has 1 saturated carbocycles. The quantitative estimate of drug-likeness (QED) is 0.903. The highest BCUT2D eigenvalue weighted by Gasteiger charge is 2.29. The Morgan fingerprint density at radius 1 is 1.33 bits per heavy atom. The van der Waals surface area contributed by atoms with Crippen molar-refractivity contribution in [2.45, 2.75) is 19.3 Å². The van der Waals surface area contributed by atoms with Crippen LogP contribution < -0.4 is 5.73 Å². The molecule has 2 rings (SSSR count). The largest absolute Gasteiger partial charge is 0.330 e. The molecule has 1 aliphatic carbocycles. The van der Waals surface area contributed by atoms with Crippen molar-refractivity contribution in [2.75, 3.05) is 6.54 Å². The molecule has 0 heterocycles. The fourth-order valence-corrected chi connectivity index (χ4v) is 2.94. The topological polar surface area (TPSA) is 26.0 Å². The van der Waals surface area contributed by atoms with E-state index in [1.54, 1.807) is 0 Å². The van der Waals surface area contributed by atoms with Gasteiger partial charge in [-0.25, -0.2) is 0 Å². The highest BCUT2D eigenvalue weighted by atomic mass is 79.9. The van der Waals surface area contributed by atoms with Crippen molar-refractivity contribution in [2.24, 2.45) is 17.6 Å². The Bertz CT molecular complexity index is 351. The van der Waals surface area contributed by atoms with Gasteiger partial charge in [-0.1, -0.05) is 33.6 Å². The molecule has 0 aliphatic heterocycles. The van der Waals surface area contributed by atoms with Gasteiger partial charge in [-0.05, 0) is 55.3 Å². The average Bonchev–Trinajstić information content (AvgIpc) is 2.15. The van der Waals surface area contributed by atoms with Gasteiger partial charge in [0.2, 0.25) is 0 Å². The zero-order valence-electron chi connectivity index (χ0n) is 8.55. The van der Waals surface area contributed by atoms with E-state index >= 15 is 0 Å². The van der Waals surface area contributed by atoms with E-state index in [1.807, 2.05) is 6.07 Å². The summed E-state index contributed by atoms with van der Waals surface area (Å²) >= 11 is 9.60. The summed E-state index contributed by atoms with van der Waals surface area (Å²) in [6, 6.07) is 6.13. The lowest BCUT2D eigenvalue weighted by Crippen LogP contribution is -2.33. The van der Waals surface area contributed by atoms with E-state index in [2.05, 4.69) is 28.1 Å². The van der Waals surface area contributed by atoms with E-state index in [9.17, 15) is 0 Å². The second kappa shape index (κ2) is 4.86. The number of hydrogen-bond donors (Lipinski definition) is 1. The van der Waals surface area contributed by atoms with Crippen LogP contribution in [0, 0.1) is 11.8 Å². The van der Waals surface area contributed by atoms with Gasteiger partial charge in [0, 0.05) is 9.50 Å². The molecule has 2 N–H and O–H groups in total. The molecular formula is C12H15BrClN. The van der Waals surface area contributed by atoms with Crippen LogP contribution in [-0.4, -0.2) is 6.54 Å². The first-order valence-corrected chi connectivity index (χ1v) is 6.52. The Labute approximate surface area is 104 Å². The van der Waals surface area contributed by atoms with Gasteiger partial charge in [0.25, 0.3) is 0 Å². The number of nitrogens with two attached hydrogens (primary N) is 1. The Balaban J connectivity index is 2.04. The van der Waals surface area contributed by atoms with Crippen LogP contribution in [0.2, 0.25) is 5.02 Å². The van der Waals surface area contributed by atoms with Crippen LogP contribution in [0.3, 0.4) is 0 Å². The van der Waals surface area contributed by atoms with Gasteiger partial charge in [0.05, 0.1) is 0 Å². The fraction of sp³-hybridized carbons (Fsp3) is 0.500. The molecule has 0 bridgehead atoms. The summed E-state index contributed by atoms with van der Waals surface area (Å²) in [5, 5.41) is 0.868. The summed E-state index contributed by atoms with van der Waals surface area (Å²) < 4.78 is 1.04. The summed E-state index contributed by atoms with van der Waals surface area (Å²) in [7, 11) is 0. The molecule has 3 heteroatoms. The minimum atomic E-state index is 0.713. The van der Waals surface area contributed by atoms with E-state index in [4.69, 9.17) is 17.3 Å². The third-order valence-electron chi connectivity index (χ3n) is 3.37. The van der Waals surface area contributed by atoms with Crippen molar-refractivity contribution in [1.29, 1.82) is 0 Å². The molecule has 1 nitrogen and oxygen atoms in total. The van der Waals surface area contributed by atoms with Crippen LogP contribution in [-0.2, 0) is 6.42 Å². The van der Waals surface area contributed by atoms with Crippen molar-refractivity contribution in [3.05, 3.63) is 33.3 Å². The van der Waals surface area contributed by atoms with Crippen molar-refractivity contribution >= 4 is 27.5 Å². The van der Waals surface area contributed by atoms with Crippen molar-refractivity contribution in [3.63, 3.8) is 0 Å². The number of benzene rings is 1. The molecule has 0 saturated heterocycles. The van der Waals surface area contributed by atoms with Gasteiger partial charge in [-0.3, -0.25) is 0 Å². The Hall–Kier alpha value is -0.0500. The van der Waals surface area contributed by atoms with Crippen LogP contribution >= 0.6 is 27.5 Å². The lowest BCUT2D eigenvalue weighted by atomic mass is 9.71. The van der Waals surface area contributed by atoms with Crippen LogP contribution in [0.5, 0.6) is 0 Å². The van der Waals surface area contributed by atoms with Crippen LogP contribution in [0.15, 0.2) is 22.7 Å². The lowest BCUT2D eigenvalue weighted by molar-refractivity contribution is 0.183. The molecule has 0 amide bonds. The third-order valence-corrected chi connectivity index (χ3v) is 4.22. The second-order valence-corrected chi connectivity index (χ2v) is 5.60. The smallest absolute Gasteiger partial charge is 0.0449 e. The molecule has 0 aromatic heterocycles. The number of halogens is 2. The second-order valence-electron chi connectivity index (χ2n) is 4.27. The molecule has 2 atom stereocenters. The lowest BCUT2D eigenvalue weighted by Gasteiger charge is -2.36. The molecule has 2 unspecified atom stereocenters. The fourth-order valence-electron chi connectivity index (χ4n) is 2.19. The first-order chi connectivity index (χ1) is 7.20. The Kier molecular flexibility index (Phi) is 3.70. The molecule has 82 valence electrons. The maximum atomic E-state index is 6.18. The summed E-state index contributed by atoms with van der Waals surface area (Å²) in [6.07, 6.45) is 3.66. The summed E-state index contributed by atoms with van der Waals surface area (Å²) in [6.45, 7) is 0.818. The van der Waals surface area contributed by atoms with Gasteiger partial charge in [0.15, 0.2) is 0 Å². The summed E-state index contributed by atoms with van der Waals surface area (Å²) in [5.74, 6) is 1.46. The van der Waals surface area contributed by atoms with Crippen molar-refractivity contribution < 1.29 is 0 Å². The zero-order chi connectivity index (χ0) is 10.8. The highest BCUT2D eigenvalue weighted by molar-refractivity contribution is 9.10. The van der Waals surface area contributed by atoms with Gasteiger partial charge in [-0.15, -0.1) is 0 Å². The molecule has 1 aromatic carbocycles. The van der Waals surface area contributed by atoms with E-state index in [0.29, 0.717) is 5.92 Å². The highest BCUT2D eigenvalue weighted by Crippen LogP contribution is 2.37. The maximum Gasteiger partial charge on any atom is 0.0449 e. The van der Waals surface area contributed by atoms with Crippen LogP contribution in [0.25, 0.3) is 0 Å². The maximum absolute atomic E-state index is 6.18. The van der Waals surface area contributed by atoms with Crippen molar-refractivity contribution in [3.8, 4) is 0 Å². The van der Waals surface area contributed by atoms with E-state index in [-0.39, 0.29) is 0 Å². The normalized spacial score (nSPS) is 25.0. The predicted molar refractivity (Wildman–Crippen MR) is 68.1 cm³/mol. The third kappa shape index (κ3) is 2.55. The predicted octanol–water partition coefficient (Wildman–Crippen LogP) is 3.63. The average molecular weight is 289 g/mol. The molecular weight excluding hydrogens is 273 g/mol. The number of rotatable bonds is 3. The van der Waals surface area contributed by atoms with E-state index in [1.165, 1.54) is 18.4 Å². The number of hydrogen-bond acceptors (Lipinski definition) is 1. The van der Waals surface area contributed by atoms with Crippen molar-refractivity contribution in [1.82, 2.24) is 0 Å². The minimum absolute atomic E-state index is 0.713. The van der Waals surface area contributed by atoms with Gasteiger partial charge < -0.3 is 5.73 Å². The monoisotopic (exact) mass is 287 g/mol. The van der Waals surface area contributed by atoms with Crippen LogP contribution in [0.4, 0.5) is 0 Å². The minimum Gasteiger partial charge on any atom is -0.330 e. The van der Waals surface area contributed by atoms with Crippen LogP contribution in [0.1, 0.15) is 18.4 Å². The molecule has 1 aliphatic rings. The molecule has 1 aromatic rings. The molecule has 1 fully saturated rings.